The van der Waals surface area contributed by atoms with Crippen molar-refractivity contribution in [2.75, 3.05) is 13.2 Å². The molecule has 1 atom stereocenters. The maximum absolute atomic E-state index is 12.1. The fourth-order valence-electron chi connectivity index (χ4n) is 2.35. The molecule has 112 valence electrons. The van der Waals surface area contributed by atoms with Gasteiger partial charge in [-0.2, -0.15) is 5.10 Å². The molecule has 21 heavy (non-hydrogen) atoms. The molecule has 0 aliphatic carbocycles. The van der Waals surface area contributed by atoms with Gasteiger partial charge in [0.25, 0.3) is 0 Å². The van der Waals surface area contributed by atoms with Crippen molar-refractivity contribution in [2.45, 2.75) is 32.4 Å². The van der Waals surface area contributed by atoms with Crippen molar-refractivity contribution in [3.8, 4) is 11.4 Å². The maximum atomic E-state index is 12.1. The quantitative estimate of drug-likeness (QED) is 0.813. The number of nitrogens with zero attached hydrogens (tertiary/aromatic N) is 3. The lowest BCUT2D eigenvalue weighted by molar-refractivity contribution is -0.0416. The van der Waals surface area contributed by atoms with Gasteiger partial charge in [-0.15, -0.1) is 11.3 Å². The number of carbonyl (C=O) groups is 1. The van der Waals surface area contributed by atoms with Crippen LogP contribution >= 0.6 is 11.3 Å². The molecule has 0 spiro atoms. The highest BCUT2D eigenvalue weighted by Gasteiger charge is 2.25. The van der Waals surface area contributed by atoms with Crippen molar-refractivity contribution in [2.24, 2.45) is 0 Å². The van der Waals surface area contributed by atoms with Crippen LogP contribution in [0.1, 0.15) is 42.9 Å². The van der Waals surface area contributed by atoms with E-state index in [4.69, 9.17) is 9.47 Å². The Balaban J connectivity index is 1.96. The second-order valence-electron chi connectivity index (χ2n) is 4.77. The van der Waals surface area contributed by atoms with Crippen LogP contribution in [-0.4, -0.2) is 33.9 Å². The smallest absolute Gasteiger partial charge is 0.356 e. The van der Waals surface area contributed by atoms with Gasteiger partial charge in [0.2, 0.25) is 0 Å². The van der Waals surface area contributed by atoms with Crippen LogP contribution in [0.5, 0.6) is 0 Å². The van der Waals surface area contributed by atoms with E-state index in [0.717, 1.165) is 25.0 Å². The summed E-state index contributed by atoms with van der Waals surface area (Å²) in [6.45, 7) is 2.82. The predicted molar refractivity (Wildman–Crippen MR) is 78.1 cm³/mol. The summed E-state index contributed by atoms with van der Waals surface area (Å²) in [7, 11) is 0. The van der Waals surface area contributed by atoms with Crippen molar-refractivity contribution in [3.63, 3.8) is 0 Å². The van der Waals surface area contributed by atoms with Crippen LogP contribution < -0.4 is 0 Å². The van der Waals surface area contributed by atoms with Gasteiger partial charge >= 0.3 is 5.97 Å². The molecule has 2 aromatic rings. The minimum absolute atomic E-state index is 0.203. The largest absolute Gasteiger partial charge is 0.461 e. The van der Waals surface area contributed by atoms with Gasteiger partial charge in [-0.3, -0.25) is 0 Å². The molecule has 1 aliphatic rings. The van der Waals surface area contributed by atoms with E-state index in [9.17, 15) is 4.79 Å². The monoisotopic (exact) mass is 307 g/mol. The Morgan fingerprint density at radius 1 is 1.52 bits per heavy atom. The molecule has 1 fully saturated rings. The first-order valence-corrected chi connectivity index (χ1v) is 8.00. The minimum atomic E-state index is -0.374. The average molecular weight is 307 g/mol. The Labute approximate surface area is 126 Å². The molecule has 0 amide bonds. The van der Waals surface area contributed by atoms with Gasteiger partial charge < -0.3 is 9.47 Å². The molecule has 0 radical (unpaired) electrons. The number of thiazole rings is 1. The van der Waals surface area contributed by atoms with Crippen molar-refractivity contribution in [1.29, 1.82) is 0 Å². The third-order valence-corrected chi connectivity index (χ3v) is 3.93. The number of ether oxygens (including phenoxy) is 2. The van der Waals surface area contributed by atoms with E-state index in [1.807, 2.05) is 5.38 Å². The van der Waals surface area contributed by atoms with Gasteiger partial charge in [-0.25, -0.2) is 14.5 Å². The molecular weight excluding hydrogens is 290 g/mol. The van der Waals surface area contributed by atoms with Crippen LogP contribution in [0.15, 0.2) is 17.0 Å². The summed E-state index contributed by atoms with van der Waals surface area (Å²) < 4.78 is 12.5. The second-order valence-corrected chi connectivity index (χ2v) is 5.49. The number of esters is 1. The summed E-state index contributed by atoms with van der Waals surface area (Å²) in [5.41, 5.74) is 3.61. The molecule has 0 saturated carbocycles. The molecule has 1 unspecified atom stereocenters. The summed E-state index contributed by atoms with van der Waals surface area (Å²) in [6.07, 6.45) is 2.76. The summed E-state index contributed by atoms with van der Waals surface area (Å²) in [5, 5.41) is 6.42. The molecule has 3 rings (SSSR count). The van der Waals surface area contributed by atoms with Crippen molar-refractivity contribution >= 4 is 17.3 Å². The SMILES string of the molecule is CCOC(=O)c1cc(-c2cscn2)nn1C1CCCCO1. The fourth-order valence-corrected chi connectivity index (χ4v) is 2.90. The summed E-state index contributed by atoms with van der Waals surface area (Å²) in [5.74, 6) is -0.374. The fraction of sp³-hybridized carbons (Fsp3) is 0.500. The minimum Gasteiger partial charge on any atom is -0.461 e. The third-order valence-electron chi connectivity index (χ3n) is 3.34. The van der Waals surface area contributed by atoms with E-state index in [0.29, 0.717) is 24.6 Å². The lowest BCUT2D eigenvalue weighted by Crippen LogP contribution is -2.23. The van der Waals surface area contributed by atoms with Crippen LogP contribution in [0.25, 0.3) is 11.4 Å². The Hall–Kier alpha value is -1.73. The predicted octanol–water partition coefficient (Wildman–Crippen LogP) is 2.88. The van der Waals surface area contributed by atoms with E-state index >= 15 is 0 Å². The first-order chi connectivity index (χ1) is 10.3. The van der Waals surface area contributed by atoms with Gasteiger partial charge in [0.05, 0.1) is 12.1 Å². The molecule has 0 N–H and O–H groups in total. The second kappa shape index (κ2) is 6.36. The highest BCUT2D eigenvalue weighted by molar-refractivity contribution is 7.07. The van der Waals surface area contributed by atoms with Gasteiger partial charge in [-0.1, -0.05) is 0 Å². The van der Waals surface area contributed by atoms with E-state index in [2.05, 4.69) is 10.1 Å². The topological polar surface area (TPSA) is 66.2 Å². The highest BCUT2D eigenvalue weighted by Crippen LogP contribution is 2.27. The molecule has 1 aliphatic heterocycles. The number of hydrogen-bond acceptors (Lipinski definition) is 6. The number of hydrogen-bond donors (Lipinski definition) is 0. The van der Waals surface area contributed by atoms with Crippen LogP contribution in [0, 0.1) is 0 Å². The zero-order valence-electron chi connectivity index (χ0n) is 11.8. The van der Waals surface area contributed by atoms with E-state index < -0.39 is 0 Å². The van der Waals surface area contributed by atoms with Crippen LogP contribution in [0.2, 0.25) is 0 Å². The number of rotatable bonds is 4. The van der Waals surface area contributed by atoms with Crippen molar-refractivity contribution in [1.82, 2.24) is 14.8 Å². The van der Waals surface area contributed by atoms with E-state index in [1.165, 1.54) is 11.3 Å². The Bertz CT molecular complexity index is 603. The van der Waals surface area contributed by atoms with Gasteiger partial charge in [0.1, 0.15) is 17.1 Å². The van der Waals surface area contributed by atoms with Crippen LogP contribution in [-0.2, 0) is 9.47 Å². The van der Waals surface area contributed by atoms with Crippen LogP contribution in [0.3, 0.4) is 0 Å². The summed E-state index contributed by atoms with van der Waals surface area (Å²) in [4.78, 5) is 16.4. The molecule has 1 saturated heterocycles. The van der Waals surface area contributed by atoms with Crippen molar-refractivity contribution < 1.29 is 14.3 Å². The average Bonchev–Trinajstić information content (AvgIpc) is 3.17. The zero-order valence-corrected chi connectivity index (χ0v) is 12.6. The van der Waals surface area contributed by atoms with E-state index in [1.54, 1.807) is 23.2 Å². The third kappa shape index (κ3) is 2.98. The summed E-state index contributed by atoms with van der Waals surface area (Å²) >= 11 is 1.50. The molecule has 0 aromatic carbocycles. The Morgan fingerprint density at radius 3 is 3.10 bits per heavy atom. The lowest BCUT2D eigenvalue weighted by atomic mass is 10.2. The first kappa shape index (κ1) is 14.2. The maximum Gasteiger partial charge on any atom is 0.356 e. The molecule has 6 nitrogen and oxygen atoms in total. The summed E-state index contributed by atoms with van der Waals surface area (Å²) in [6, 6.07) is 1.73. The molecule has 7 heteroatoms. The Morgan fingerprint density at radius 2 is 2.43 bits per heavy atom. The van der Waals surface area contributed by atoms with Gasteiger partial charge in [-0.05, 0) is 26.2 Å². The van der Waals surface area contributed by atoms with Crippen LogP contribution in [0.4, 0.5) is 0 Å². The standard InChI is InChI=1S/C14H17N3O3S/c1-2-19-14(18)12-7-10(11-8-21-9-15-11)16-17(12)13-5-3-4-6-20-13/h7-9,13H,2-6H2,1H3. The lowest BCUT2D eigenvalue weighted by Gasteiger charge is -2.24. The molecular formula is C14H17N3O3S. The first-order valence-electron chi connectivity index (χ1n) is 7.06. The molecule has 3 heterocycles. The van der Waals surface area contributed by atoms with Crippen molar-refractivity contribution in [3.05, 3.63) is 22.7 Å². The Kier molecular flexibility index (Phi) is 4.31. The van der Waals surface area contributed by atoms with Gasteiger partial charge in [0.15, 0.2) is 6.23 Å². The zero-order chi connectivity index (χ0) is 14.7. The number of carbonyl (C=O) groups excluding carboxylic acids is 1. The molecule has 2 aromatic heterocycles. The normalized spacial score (nSPS) is 18.6. The molecule has 0 bridgehead atoms. The van der Waals surface area contributed by atoms with Gasteiger partial charge in [0, 0.05) is 18.1 Å². The highest BCUT2D eigenvalue weighted by atomic mass is 32.1. The van der Waals surface area contributed by atoms with E-state index in [-0.39, 0.29) is 12.2 Å². The number of aromatic nitrogens is 3.